The molecular weight excluding hydrogens is 240 g/mol. The van der Waals surface area contributed by atoms with Crippen LogP contribution in [-0.2, 0) is 4.79 Å². The Morgan fingerprint density at radius 2 is 1.95 bits per heavy atom. The molecule has 1 fully saturated rings. The van der Waals surface area contributed by atoms with Gasteiger partial charge in [-0.3, -0.25) is 4.79 Å². The summed E-state index contributed by atoms with van der Waals surface area (Å²) in [6, 6.07) is 9.67. The third-order valence-corrected chi connectivity index (χ3v) is 3.95. The Balaban J connectivity index is 2.35. The summed E-state index contributed by atoms with van der Waals surface area (Å²) in [7, 11) is 1.84. The third-order valence-electron chi connectivity index (χ3n) is 3.95. The van der Waals surface area contributed by atoms with Crippen molar-refractivity contribution in [2.45, 2.75) is 31.8 Å². The van der Waals surface area contributed by atoms with Crippen LogP contribution in [0.25, 0.3) is 0 Å². The fraction of sp³-hybridized carbons (Fsp3) is 0.533. The first-order chi connectivity index (χ1) is 8.97. The van der Waals surface area contributed by atoms with Gasteiger partial charge in [0.15, 0.2) is 0 Å². The SMILES string of the molecule is CN1C(=O)C(CCO)N(c2ccccc2)CC1(C)C. The number of likely N-dealkylation sites (N-methyl/N-ethyl adjacent to an activating group) is 1. The molecular formula is C15H22N2O2. The van der Waals surface area contributed by atoms with Gasteiger partial charge in [0.25, 0.3) is 0 Å². The summed E-state index contributed by atoms with van der Waals surface area (Å²) in [5.74, 6) is 0.0779. The summed E-state index contributed by atoms with van der Waals surface area (Å²) >= 11 is 0. The summed E-state index contributed by atoms with van der Waals surface area (Å²) in [6.45, 7) is 4.92. The lowest BCUT2D eigenvalue weighted by Crippen LogP contribution is -2.65. The predicted molar refractivity (Wildman–Crippen MR) is 76.1 cm³/mol. The lowest BCUT2D eigenvalue weighted by Gasteiger charge is -2.50. The first-order valence-corrected chi connectivity index (χ1v) is 6.67. The molecule has 0 aliphatic carbocycles. The number of aliphatic hydroxyl groups is 1. The molecule has 104 valence electrons. The highest BCUT2D eigenvalue weighted by atomic mass is 16.3. The Morgan fingerprint density at radius 3 is 2.53 bits per heavy atom. The maximum Gasteiger partial charge on any atom is 0.245 e. The standard InChI is InChI=1S/C15H22N2O2/c1-15(2)11-17(12-7-5-4-6-8-12)13(9-10-18)14(19)16(15)3/h4-8,13,18H,9-11H2,1-3H3. The van der Waals surface area contributed by atoms with E-state index in [2.05, 4.69) is 18.7 Å². The summed E-state index contributed by atoms with van der Waals surface area (Å²) in [5, 5.41) is 9.22. The van der Waals surface area contributed by atoms with Crippen molar-refractivity contribution in [2.24, 2.45) is 0 Å². The van der Waals surface area contributed by atoms with Crippen LogP contribution in [0.1, 0.15) is 20.3 Å². The van der Waals surface area contributed by atoms with Gasteiger partial charge in [-0.1, -0.05) is 18.2 Å². The molecule has 1 heterocycles. The number of hydrogen-bond acceptors (Lipinski definition) is 3. The molecule has 0 saturated carbocycles. The van der Waals surface area contributed by atoms with Crippen molar-refractivity contribution < 1.29 is 9.90 Å². The fourth-order valence-electron chi connectivity index (χ4n) is 2.58. The van der Waals surface area contributed by atoms with Gasteiger partial charge in [-0.05, 0) is 32.4 Å². The maximum absolute atomic E-state index is 12.5. The van der Waals surface area contributed by atoms with Gasteiger partial charge in [-0.25, -0.2) is 0 Å². The van der Waals surface area contributed by atoms with Crippen molar-refractivity contribution in [3.63, 3.8) is 0 Å². The Kier molecular flexibility index (Phi) is 3.80. The van der Waals surface area contributed by atoms with Crippen LogP contribution in [0.3, 0.4) is 0 Å². The molecule has 0 aromatic heterocycles. The van der Waals surface area contributed by atoms with E-state index in [1.54, 1.807) is 4.90 Å². The minimum absolute atomic E-state index is 0.0218. The van der Waals surface area contributed by atoms with Crippen molar-refractivity contribution in [3.05, 3.63) is 30.3 Å². The molecule has 4 heteroatoms. The van der Waals surface area contributed by atoms with Gasteiger partial charge in [0, 0.05) is 25.9 Å². The number of anilines is 1. The van der Waals surface area contributed by atoms with Crippen molar-refractivity contribution in [1.82, 2.24) is 4.90 Å². The molecule has 1 saturated heterocycles. The third kappa shape index (κ3) is 2.59. The van der Waals surface area contributed by atoms with Crippen LogP contribution >= 0.6 is 0 Å². The number of nitrogens with zero attached hydrogens (tertiary/aromatic N) is 2. The van der Waals surface area contributed by atoms with Gasteiger partial charge in [0.2, 0.25) is 5.91 Å². The number of para-hydroxylation sites is 1. The number of carbonyl (C=O) groups excluding carboxylic acids is 1. The molecule has 1 aromatic rings. The number of rotatable bonds is 3. The molecule has 2 rings (SSSR count). The number of piperazine rings is 1. The van der Waals surface area contributed by atoms with Crippen LogP contribution < -0.4 is 4.90 Å². The van der Waals surface area contributed by atoms with E-state index >= 15 is 0 Å². The Labute approximate surface area is 114 Å². The summed E-state index contributed by atoms with van der Waals surface area (Å²) in [5.41, 5.74) is 0.828. The van der Waals surface area contributed by atoms with Gasteiger partial charge in [-0.15, -0.1) is 0 Å². The topological polar surface area (TPSA) is 43.8 Å². The van der Waals surface area contributed by atoms with Crippen molar-refractivity contribution >= 4 is 11.6 Å². The van der Waals surface area contributed by atoms with E-state index in [1.807, 2.05) is 37.4 Å². The molecule has 1 aliphatic heterocycles. The molecule has 0 spiro atoms. The molecule has 1 aliphatic rings. The zero-order valence-corrected chi connectivity index (χ0v) is 11.8. The second-order valence-electron chi connectivity index (χ2n) is 5.70. The number of hydrogen-bond donors (Lipinski definition) is 1. The first kappa shape index (κ1) is 13.9. The van der Waals surface area contributed by atoms with Crippen LogP contribution in [-0.4, -0.2) is 47.7 Å². The number of amides is 1. The highest BCUT2D eigenvalue weighted by Crippen LogP contribution is 2.29. The van der Waals surface area contributed by atoms with Crippen LogP contribution in [0.15, 0.2) is 30.3 Å². The molecule has 19 heavy (non-hydrogen) atoms. The summed E-state index contributed by atoms with van der Waals surface area (Å²) in [6.07, 6.45) is 0.466. The Bertz CT molecular complexity index is 445. The molecule has 1 aromatic carbocycles. The maximum atomic E-state index is 12.5. The Hall–Kier alpha value is -1.55. The smallest absolute Gasteiger partial charge is 0.245 e. The first-order valence-electron chi connectivity index (χ1n) is 6.67. The normalized spacial score (nSPS) is 22.7. The van der Waals surface area contributed by atoms with Gasteiger partial charge >= 0.3 is 0 Å². The quantitative estimate of drug-likeness (QED) is 0.897. The highest BCUT2D eigenvalue weighted by molar-refractivity contribution is 5.87. The van der Waals surface area contributed by atoms with E-state index in [9.17, 15) is 9.90 Å². The molecule has 1 amide bonds. The number of carbonyl (C=O) groups is 1. The summed E-state index contributed by atoms with van der Waals surface area (Å²) < 4.78 is 0. The molecule has 4 nitrogen and oxygen atoms in total. The molecule has 1 unspecified atom stereocenters. The fourth-order valence-corrected chi connectivity index (χ4v) is 2.58. The zero-order chi connectivity index (χ0) is 14.0. The number of aliphatic hydroxyl groups excluding tert-OH is 1. The second kappa shape index (κ2) is 5.21. The lowest BCUT2D eigenvalue weighted by molar-refractivity contribution is -0.139. The van der Waals surface area contributed by atoms with Crippen LogP contribution in [0.2, 0.25) is 0 Å². The largest absolute Gasteiger partial charge is 0.396 e. The van der Waals surface area contributed by atoms with Crippen LogP contribution in [0, 0.1) is 0 Å². The Morgan fingerprint density at radius 1 is 1.32 bits per heavy atom. The van der Waals surface area contributed by atoms with E-state index in [0.29, 0.717) is 6.42 Å². The van der Waals surface area contributed by atoms with Crippen molar-refractivity contribution in [2.75, 3.05) is 25.1 Å². The van der Waals surface area contributed by atoms with Crippen molar-refractivity contribution in [3.8, 4) is 0 Å². The minimum Gasteiger partial charge on any atom is -0.396 e. The van der Waals surface area contributed by atoms with Crippen molar-refractivity contribution in [1.29, 1.82) is 0 Å². The van der Waals surface area contributed by atoms with E-state index in [1.165, 1.54) is 0 Å². The highest BCUT2D eigenvalue weighted by Gasteiger charge is 2.42. The zero-order valence-electron chi connectivity index (χ0n) is 11.8. The van der Waals surface area contributed by atoms with Gasteiger partial charge < -0.3 is 14.9 Å². The average Bonchev–Trinajstić information content (AvgIpc) is 2.40. The second-order valence-corrected chi connectivity index (χ2v) is 5.70. The monoisotopic (exact) mass is 262 g/mol. The minimum atomic E-state index is -0.273. The average molecular weight is 262 g/mol. The van der Waals surface area contributed by atoms with Gasteiger partial charge in [-0.2, -0.15) is 0 Å². The van der Waals surface area contributed by atoms with Crippen LogP contribution in [0.5, 0.6) is 0 Å². The van der Waals surface area contributed by atoms with E-state index in [4.69, 9.17) is 0 Å². The van der Waals surface area contributed by atoms with E-state index < -0.39 is 0 Å². The van der Waals surface area contributed by atoms with Gasteiger partial charge in [0.1, 0.15) is 6.04 Å². The van der Waals surface area contributed by atoms with E-state index in [0.717, 1.165) is 12.2 Å². The van der Waals surface area contributed by atoms with E-state index in [-0.39, 0.29) is 24.1 Å². The lowest BCUT2D eigenvalue weighted by atomic mass is 9.93. The number of benzene rings is 1. The summed E-state index contributed by atoms with van der Waals surface area (Å²) in [4.78, 5) is 16.4. The predicted octanol–water partition coefficient (Wildman–Crippen LogP) is 1.49. The molecule has 0 radical (unpaired) electrons. The van der Waals surface area contributed by atoms with Crippen LogP contribution in [0.4, 0.5) is 5.69 Å². The molecule has 0 bridgehead atoms. The molecule has 1 N–H and O–H groups in total. The molecule has 1 atom stereocenters. The van der Waals surface area contributed by atoms with Gasteiger partial charge in [0.05, 0.1) is 5.54 Å².